The highest BCUT2D eigenvalue weighted by molar-refractivity contribution is 7.89. The Morgan fingerprint density at radius 2 is 2.15 bits per heavy atom. The van der Waals surface area contributed by atoms with E-state index in [9.17, 15) is 8.42 Å². The van der Waals surface area contributed by atoms with Gasteiger partial charge in [-0.05, 0) is 13.8 Å². The molecule has 80 valence electrons. The molecule has 1 fully saturated rings. The first kappa shape index (κ1) is 13.2. The van der Waals surface area contributed by atoms with Crippen molar-refractivity contribution in [1.82, 2.24) is 9.62 Å². The number of rotatable bonds is 2. The highest BCUT2D eigenvalue weighted by Crippen LogP contribution is 2.09. The second-order valence-corrected chi connectivity index (χ2v) is 5.27. The predicted octanol–water partition coefficient (Wildman–Crippen LogP) is 0.0516. The van der Waals surface area contributed by atoms with E-state index in [1.54, 1.807) is 11.2 Å². The Balaban J connectivity index is 0.00000144. The van der Waals surface area contributed by atoms with Gasteiger partial charge in [0, 0.05) is 25.7 Å². The Hall–Kier alpha value is 0.160. The highest BCUT2D eigenvalue weighted by Gasteiger charge is 2.27. The van der Waals surface area contributed by atoms with Gasteiger partial charge in [-0.15, -0.1) is 12.4 Å². The molecule has 0 aromatic rings. The molecule has 1 heterocycles. The third-order valence-corrected chi connectivity index (χ3v) is 4.15. The van der Waals surface area contributed by atoms with Crippen LogP contribution in [0.15, 0.2) is 0 Å². The van der Waals surface area contributed by atoms with Crippen LogP contribution in [0.1, 0.15) is 13.8 Å². The van der Waals surface area contributed by atoms with Gasteiger partial charge in [-0.1, -0.05) is 0 Å². The minimum atomic E-state index is -2.98. The fraction of sp³-hybridized carbons (Fsp3) is 1.00. The smallest absolute Gasteiger partial charge is 0.214 e. The maximum Gasteiger partial charge on any atom is 0.214 e. The normalized spacial score (nSPS) is 25.2. The molecule has 0 radical (unpaired) electrons. The molecule has 0 amide bonds. The molecule has 0 aromatic carbocycles. The van der Waals surface area contributed by atoms with Gasteiger partial charge < -0.3 is 5.32 Å². The summed E-state index contributed by atoms with van der Waals surface area (Å²) in [6, 6.07) is 0.101. The first-order valence-electron chi connectivity index (χ1n) is 4.28. The number of halogens is 1. The Kier molecular flexibility index (Phi) is 5.21. The molecule has 0 spiro atoms. The van der Waals surface area contributed by atoms with E-state index in [-0.39, 0.29) is 24.2 Å². The Bertz CT molecular complexity index is 243. The summed E-state index contributed by atoms with van der Waals surface area (Å²) < 4.78 is 24.5. The fourth-order valence-corrected chi connectivity index (χ4v) is 2.73. The van der Waals surface area contributed by atoms with E-state index >= 15 is 0 Å². The van der Waals surface area contributed by atoms with E-state index in [1.165, 1.54) is 0 Å². The van der Waals surface area contributed by atoms with Crippen molar-refractivity contribution in [2.24, 2.45) is 0 Å². The summed E-state index contributed by atoms with van der Waals surface area (Å²) in [6.07, 6.45) is 0. The van der Waals surface area contributed by atoms with Crippen LogP contribution in [-0.4, -0.2) is 44.2 Å². The zero-order valence-corrected chi connectivity index (χ0v) is 9.62. The molecule has 6 heteroatoms. The summed E-state index contributed by atoms with van der Waals surface area (Å²) in [6.45, 7) is 5.75. The lowest BCUT2D eigenvalue weighted by atomic mass is 10.3. The molecular weight excluding hydrogens is 212 g/mol. The monoisotopic (exact) mass is 228 g/mol. The maximum atomic E-state index is 11.5. The molecule has 0 saturated carbocycles. The van der Waals surface area contributed by atoms with E-state index in [4.69, 9.17) is 0 Å². The van der Waals surface area contributed by atoms with Crippen molar-refractivity contribution in [3.63, 3.8) is 0 Å². The average molecular weight is 229 g/mol. The summed E-state index contributed by atoms with van der Waals surface area (Å²) in [5.41, 5.74) is 0. The molecule has 0 aliphatic carbocycles. The van der Waals surface area contributed by atoms with Crippen LogP contribution >= 0.6 is 12.4 Å². The molecule has 0 bridgehead atoms. The summed E-state index contributed by atoms with van der Waals surface area (Å²) in [5, 5.41) is 3.15. The quantitative estimate of drug-likeness (QED) is 0.727. The molecule has 1 N–H and O–H groups in total. The second kappa shape index (κ2) is 5.14. The van der Waals surface area contributed by atoms with Crippen LogP contribution in [0.2, 0.25) is 0 Å². The van der Waals surface area contributed by atoms with Crippen LogP contribution < -0.4 is 5.32 Å². The summed E-state index contributed by atoms with van der Waals surface area (Å²) in [4.78, 5) is 0. The SMILES string of the molecule is CCS(=O)(=O)N1CCNCC1C.Cl. The van der Waals surface area contributed by atoms with Crippen LogP contribution in [0.5, 0.6) is 0 Å². The standard InChI is InChI=1S/C7H16N2O2S.ClH/c1-3-12(10,11)9-5-4-8-6-7(9)2;/h7-8H,3-6H2,1-2H3;1H. The fourth-order valence-electron chi connectivity index (χ4n) is 1.40. The van der Waals surface area contributed by atoms with Crippen molar-refractivity contribution in [2.75, 3.05) is 25.4 Å². The maximum absolute atomic E-state index is 11.5. The van der Waals surface area contributed by atoms with Crippen molar-refractivity contribution in [2.45, 2.75) is 19.9 Å². The van der Waals surface area contributed by atoms with E-state index in [1.807, 2.05) is 6.92 Å². The molecule has 0 aromatic heterocycles. The van der Waals surface area contributed by atoms with E-state index in [0.29, 0.717) is 6.54 Å². The molecule has 1 aliphatic heterocycles. The highest BCUT2D eigenvalue weighted by atomic mass is 35.5. The number of nitrogens with zero attached hydrogens (tertiary/aromatic N) is 1. The van der Waals surface area contributed by atoms with Gasteiger partial charge in [0.05, 0.1) is 5.75 Å². The lowest BCUT2D eigenvalue weighted by Crippen LogP contribution is -2.52. The zero-order chi connectivity index (χ0) is 9.19. The minimum absolute atomic E-state index is 0. The molecule has 1 rings (SSSR count). The Morgan fingerprint density at radius 1 is 1.54 bits per heavy atom. The molecule has 13 heavy (non-hydrogen) atoms. The van der Waals surface area contributed by atoms with Gasteiger partial charge >= 0.3 is 0 Å². The Labute approximate surface area is 86.1 Å². The number of piperazine rings is 1. The molecule has 1 saturated heterocycles. The largest absolute Gasteiger partial charge is 0.314 e. The van der Waals surface area contributed by atoms with Crippen LogP contribution in [0.25, 0.3) is 0 Å². The van der Waals surface area contributed by atoms with Crippen LogP contribution in [-0.2, 0) is 10.0 Å². The van der Waals surface area contributed by atoms with Crippen LogP contribution in [0.4, 0.5) is 0 Å². The lowest BCUT2D eigenvalue weighted by molar-refractivity contribution is 0.284. The van der Waals surface area contributed by atoms with E-state index < -0.39 is 10.0 Å². The van der Waals surface area contributed by atoms with Gasteiger partial charge in [0.1, 0.15) is 0 Å². The molecule has 1 unspecified atom stereocenters. The van der Waals surface area contributed by atoms with Crippen molar-refractivity contribution >= 4 is 22.4 Å². The number of hydrogen-bond acceptors (Lipinski definition) is 3. The first-order chi connectivity index (χ1) is 5.58. The van der Waals surface area contributed by atoms with Gasteiger partial charge in [-0.25, -0.2) is 8.42 Å². The van der Waals surface area contributed by atoms with Crippen molar-refractivity contribution < 1.29 is 8.42 Å². The molecule has 1 aliphatic rings. The predicted molar refractivity (Wildman–Crippen MR) is 55.7 cm³/mol. The van der Waals surface area contributed by atoms with Crippen LogP contribution in [0.3, 0.4) is 0 Å². The molecule has 1 atom stereocenters. The van der Waals surface area contributed by atoms with Crippen molar-refractivity contribution in [3.05, 3.63) is 0 Å². The third kappa shape index (κ3) is 3.09. The molecule has 4 nitrogen and oxygen atoms in total. The Morgan fingerprint density at radius 3 is 2.62 bits per heavy atom. The van der Waals surface area contributed by atoms with Gasteiger partial charge in [0.25, 0.3) is 0 Å². The number of nitrogens with one attached hydrogen (secondary N) is 1. The zero-order valence-electron chi connectivity index (χ0n) is 7.99. The third-order valence-electron chi connectivity index (χ3n) is 2.16. The molecular formula is C7H17ClN2O2S. The summed E-state index contributed by atoms with van der Waals surface area (Å²) >= 11 is 0. The van der Waals surface area contributed by atoms with Crippen molar-refractivity contribution in [3.8, 4) is 0 Å². The second-order valence-electron chi connectivity index (χ2n) is 3.06. The lowest BCUT2D eigenvalue weighted by Gasteiger charge is -2.32. The van der Waals surface area contributed by atoms with E-state index in [2.05, 4.69) is 5.32 Å². The summed E-state index contributed by atoms with van der Waals surface area (Å²) in [5.74, 6) is 0.206. The van der Waals surface area contributed by atoms with Gasteiger partial charge in [-0.3, -0.25) is 0 Å². The number of sulfonamides is 1. The van der Waals surface area contributed by atoms with Gasteiger partial charge in [-0.2, -0.15) is 4.31 Å². The minimum Gasteiger partial charge on any atom is -0.314 e. The van der Waals surface area contributed by atoms with Crippen LogP contribution in [0, 0.1) is 0 Å². The number of hydrogen-bond donors (Lipinski definition) is 1. The topological polar surface area (TPSA) is 49.4 Å². The van der Waals surface area contributed by atoms with Crippen molar-refractivity contribution in [1.29, 1.82) is 0 Å². The van der Waals surface area contributed by atoms with E-state index in [0.717, 1.165) is 13.1 Å². The van der Waals surface area contributed by atoms with Gasteiger partial charge in [0.2, 0.25) is 10.0 Å². The average Bonchev–Trinajstić information content (AvgIpc) is 2.05. The first-order valence-corrected chi connectivity index (χ1v) is 5.89. The summed E-state index contributed by atoms with van der Waals surface area (Å²) in [7, 11) is -2.98. The van der Waals surface area contributed by atoms with Gasteiger partial charge in [0.15, 0.2) is 0 Å².